The van der Waals surface area contributed by atoms with E-state index in [1.807, 2.05) is 12.1 Å². The van der Waals surface area contributed by atoms with Crippen LogP contribution in [0.1, 0.15) is 30.1 Å². The molecule has 3 nitrogen and oxygen atoms in total. The molecular formula is C11H9N3. The monoisotopic (exact) mass is 183 g/mol. The topological polar surface area (TPSA) is 30.2 Å². The van der Waals surface area contributed by atoms with Crippen LogP contribution in [0.3, 0.4) is 0 Å². The molecule has 0 saturated heterocycles. The van der Waals surface area contributed by atoms with E-state index in [4.69, 9.17) is 6.42 Å². The summed E-state index contributed by atoms with van der Waals surface area (Å²) in [5.41, 5.74) is 2.68. The zero-order chi connectivity index (χ0) is 9.54. The van der Waals surface area contributed by atoms with Crippen LogP contribution in [0.25, 0.3) is 5.65 Å². The third kappa shape index (κ3) is 1.01. The Labute approximate surface area is 81.8 Å². The first kappa shape index (κ1) is 7.57. The van der Waals surface area contributed by atoms with Crippen LogP contribution >= 0.6 is 0 Å². The molecule has 0 bridgehead atoms. The maximum atomic E-state index is 5.35. The smallest absolute Gasteiger partial charge is 0.154 e. The van der Waals surface area contributed by atoms with Gasteiger partial charge in [-0.2, -0.15) is 5.10 Å². The molecule has 0 spiro atoms. The number of nitrogens with zero attached hydrogens (tertiary/aromatic N) is 3. The summed E-state index contributed by atoms with van der Waals surface area (Å²) in [6.07, 6.45) is 9.53. The molecule has 1 aliphatic rings. The van der Waals surface area contributed by atoms with E-state index >= 15 is 0 Å². The predicted octanol–water partition coefficient (Wildman–Crippen LogP) is 1.59. The number of terminal acetylenes is 1. The second-order valence-electron chi connectivity index (χ2n) is 3.59. The van der Waals surface area contributed by atoms with Crippen LogP contribution in [0.5, 0.6) is 0 Å². The number of hydrogen-bond acceptors (Lipinski definition) is 2. The van der Waals surface area contributed by atoms with Crippen LogP contribution in [0.15, 0.2) is 18.3 Å². The molecule has 1 aliphatic carbocycles. The quantitative estimate of drug-likeness (QED) is 0.628. The molecular weight excluding hydrogens is 174 g/mol. The number of rotatable bonds is 1. The van der Waals surface area contributed by atoms with Crippen LogP contribution in [-0.4, -0.2) is 14.6 Å². The Hall–Kier alpha value is -1.82. The van der Waals surface area contributed by atoms with Gasteiger partial charge in [0.15, 0.2) is 5.65 Å². The van der Waals surface area contributed by atoms with Crippen LogP contribution in [-0.2, 0) is 0 Å². The van der Waals surface area contributed by atoms with E-state index in [1.54, 1.807) is 10.7 Å². The van der Waals surface area contributed by atoms with Crippen molar-refractivity contribution in [2.75, 3.05) is 0 Å². The summed E-state index contributed by atoms with van der Waals surface area (Å²) in [6.45, 7) is 0. The third-order valence-corrected chi connectivity index (χ3v) is 2.53. The van der Waals surface area contributed by atoms with Gasteiger partial charge in [-0.1, -0.05) is 0 Å². The van der Waals surface area contributed by atoms with E-state index in [-0.39, 0.29) is 0 Å². The van der Waals surface area contributed by atoms with Crippen molar-refractivity contribution in [2.24, 2.45) is 0 Å². The molecule has 0 aromatic carbocycles. The van der Waals surface area contributed by atoms with Crippen molar-refractivity contribution in [3.05, 3.63) is 29.7 Å². The van der Waals surface area contributed by atoms with E-state index < -0.39 is 0 Å². The highest BCUT2D eigenvalue weighted by atomic mass is 15.3. The van der Waals surface area contributed by atoms with E-state index in [0.29, 0.717) is 5.92 Å². The SMILES string of the molecule is C#Cc1cnc2ccc(C3CC3)nn12. The van der Waals surface area contributed by atoms with Gasteiger partial charge in [0.25, 0.3) is 0 Å². The third-order valence-electron chi connectivity index (χ3n) is 2.53. The molecule has 1 saturated carbocycles. The summed E-state index contributed by atoms with van der Waals surface area (Å²) in [5.74, 6) is 3.22. The largest absolute Gasteiger partial charge is 0.234 e. The van der Waals surface area contributed by atoms with Gasteiger partial charge in [-0.05, 0) is 30.9 Å². The van der Waals surface area contributed by atoms with Gasteiger partial charge < -0.3 is 0 Å². The van der Waals surface area contributed by atoms with Crippen LogP contribution < -0.4 is 0 Å². The van der Waals surface area contributed by atoms with Crippen molar-refractivity contribution in [1.29, 1.82) is 0 Å². The summed E-state index contributed by atoms with van der Waals surface area (Å²) in [6, 6.07) is 4.02. The van der Waals surface area contributed by atoms with Gasteiger partial charge in [-0.15, -0.1) is 6.42 Å². The average Bonchev–Trinajstić information content (AvgIpc) is 2.98. The van der Waals surface area contributed by atoms with Gasteiger partial charge in [0.2, 0.25) is 0 Å². The van der Waals surface area contributed by atoms with E-state index in [9.17, 15) is 0 Å². The summed E-state index contributed by atoms with van der Waals surface area (Å²) in [5, 5.41) is 4.48. The molecule has 0 N–H and O–H groups in total. The molecule has 14 heavy (non-hydrogen) atoms. The summed E-state index contributed by atoms with van der Waals surface area (Å²) < 4.78 is 1.74. The molecule has 0 radical (unpaired) electrons. The molecule has 0 unspecified atom stereocenters. The molecule has 0 atom stereocenters. The molecule has 2 aromatic heterocycles. The van der Waals surface area contributed by atoms with Gasteiger partial charge >= 0.3 is 0 Å². The number of fused-ring (bicyclic) bond motifs is 1. The molecule has 3 heteroatoms. The normalized spacial score (nSPS) is 15.6. The maximum Gasteiger partial charge on any atom is 0.154 e. The second-order valence-corrected chi connectivity index (χ2v) is 3.59. The van der Waals surface area contributed by atoms with Crippen LogP contribution in [0, 0.1) is 12.3 Å². The Balaban J connectivity index is 2.24. The van der Waals surface area contributed by atoms with Gasteiger partial charge in [0.1, 0.15) is 5.69 Å². The highest BCUT2D eigenvalue weighted by molar-refractivity contribution is 5.43. The Morgan fingerprint density at radius 2 is 2.29 bits per heavy atom. The Kier molecular flexibility index (Phi) is 1.40. The highest BCUT2D eigenvalue weighted by Gasteiger charge is 2.25. The van der Waals surface area contributed by atoms with Crippen LogP contribution in [0.2, 0.25) is 0 Å². The maximum absolute atomic E-state index is 5.35. The van der Waals surface area contributed by atoms with Crippen molar-refractivity contribution < 1.29 is 0 Å². The summed E-state index contributed by atoms with van der Waals surface area (Å²) in [4.78, 5) is 4.17. The molecule has 68 valence electrons. The van der Waals surface area contributed by atoms with Gasteiger partial charge in [-0.25, -0.2) is 9.50 Å². The molecule has 0 amide bonds. The lowest BCUT2D eigenvalue weighted by atomic mass is 10.3. The fourth-order valence-corrected chi connectivity index (χ4v) is 1.58. The van der Waals surface area contributed by atoms with Gasteiger partial charge in [-0.3, -0.25) is 0 Å². The number of imidazole rings is 1. The highest BCUT2D eigenvalue weighted by Crippen LogP contribution is 2.38. The standard InChI is InChI=1S/C11H9N3/c1-2-9-7-12-11-6-5-10(8-3-4-8)13-14(9)11/h1,5-8H,3-4H2. The minimum Gasteiger partial charge on any atom is -0.234 e. The van der Waals surface area contributed by atoms with Crippen molar-refractivity contribution in [2.45, 2.75) is 18.8 Å². The minimum absolute atomic E-state index is 0.646. The van der Waals surface area contributed by atoms with Crippen molar-refractivity contribution >= 4 is 5.65 Å². The van der Waals surface area contributed by atoms with E-state index in [2.05, 4.69) is 16.0 Å². The Bertz CT molecular complexity index is 529. The number of aromatic nitrogens is 3. The zero-order valence-electron chi connectivity index (χ0n) is 7.64. The molecule has 1 fully saturated rings. The van der Waals surface area contributed by atoms with Crippen LogP contribution in [0.4, 0.5) is 0 Å². The summed E-state index contributed by atoms with van der Waals surface area (Å²) >= 11 is 0. The molecule has 2 aromatic rings. The van der Waals surface area contributed by atoms with Gasteiger partial charge in [0.05, 0.1) is 11.9 Å². The predicted molar refractivity (Wildman–Crippen MR) is 52.9 cm³/mol. The number of hydrogen-bond donors (Lipinski definition) is 0. The lowest BCUT2D eigenvalue weighted by Gasteiger charge is -1.98. The zero-order valence-corrected chi connectivity index (χ0v) is 7.64. The first-order valence-corrected chi connectivity index (χ1v) is 4.70. The lowest BCUT2D eigenvalue weighted by molar-refractivity contribution is 0.848. The second kappa shape index (κ2) is 2.58. The summed E-state index contributed by atoms with van der Waals surface area (Å²) in [7, 11) is 0. The molecule has 2 heterocycles. The first-order chi connectivity index (χ1) is 6.88. The lowest BCUT2D eigenvalue weighted by Crippen LogP contribution is -1.98. The minimum atomic E-state index is 0.646. The van der Waals surface area contributed by atoms with Crippen molar-refractivity contribution in [3.63, 3.8) is 0 Å². The molecule has 3 rings (SSSR count). The Morgan fingerprint density at radius 3 is 3.00 bits per heavy atom. The van der Waals surface area contributed by atoms with Crippen molar-refractivity contribution in [1.82, 2.24) is 14.6 Å². The fraction of sp³-hybridized carbons (Fsp3) is 0.273. The van der Waals surface area contributed by atoms with Gasteiger partial charge in [0, 0.05) is 5.92 Å². The van der Waals surface area contributed by atoms with Crippen molar-refractivity contribution in [3.8, 4) is 12.3 Å². The first-order valence-electron chi connectivity index (χ1n) is 4.70. The fourth-order valence-electron chi connectivity index (χ4n) is 1.58. The Morgan fingerprint density at radius 1 is 1.43 bits per heavy atom. The van der Waals surface area contributed by atoms with E-state index in [0.717, 1.165) is 17.0 Å². The molecule has 0 aliphatic heterocycles. The van der Waals surface area contributed by atoms with E-state index in [1.165, 1.54) is 12.8 Å². The average molecular weight is 183 g/mol.